The average Bonchev–Trinajstić information content (AvgIpc) is 2.90. The van der Waals surface area contributed by atoms with Gasteiger partial charge in [0.2, 0.25) is 22.5 Å². The second kappa shape index (κ2) is 10.5. The zero-order valence-electron chi connectivity index (χ0n) is 18.5. The van der Waals surface area contributed by atoms with Gasteiger partial charge in [0, 0.05) is 37.5 Å². The number of H-pyrrole nitrogens is 1. The van der Waals surface area contributed by atoms with E-state index in [4.69, 9.17) is 0 Å². The molecule has 4 heterocycles. The number of hydrogen-bond acceptors (Lipinski definition) is 12. The monoisotopic (exact) mass is 510 g/mol. The fourth-order valence-corrected chi connectivity index (χ4v) is 3.60. The molecule has 1 amide bonds. The molecule has 1 atom stereocenters. The number of hydrogen-bond donors (Lipinski definition) is 4. The number of aromatic nitrogens is 6. The first-order chi connectivity index (χ1) is 17.4. The highest BCUT2D eigenvalue weighted by molar-refractivity contribution is 7.63. The standard InChI is InChI=1S/C20H18N10O5S/c1-2-21-12-13(15-24-10-5-11(27-15)36(34)35)28-20(29-17(31)18(32)33)30(19-25-8-4-9-26-19)14(12)16-22-6-3-7-23-16/h3-10,20-21H,2H2,1H3,(H,24,27)(H,29,31)(H,32,33). The van der Waals surface area contributed by atoms with E-state index in [1.807, 2.05) is 6.92 Å². The van der Waals surface area contributed by atoms with Crippen LogP contribution in [0.2, 0.25) is 0 Å². The molecule has 16 heteroatoms. The number of carbonyl (C=O) groups excluding carboxylic acids is 1. The zero-order valence-corrected chi connectivity index (χ0v) is 19.3. The predicted molar refractivity (Wildman–Crippen MR) is 124 cm³/mol. The van der Waals surface area contributed by atoms with Gasteiger partial charge in [0.15, 0.2) is 16.3 Å². The van der Waals surface area contributed by atoms with Crippen molar-refractivity contribution < 1.29 is 23.1 Å². The number of carboxylic acid groups (broad SMARTS) is 1. The van der Waals surface area contributed by atoms with Crippen LogP contribution in [0.25, 0.3) is 5.70 Å². The lowest BCUT2D eigenvalue weighted by atomic mass is 10.1. The van der Waals surface area contributed by atoms with Crippen LogP contribution in [-0.2, 0) is 19.9 Å². The molecule has 0 aliphatic carbocycles. The maximum atomic E-state index is 12.2. The third kappa shape index (κ3) is 4.92. The molecule has 0 bridgehead atoms. The molecule has 3 aromatic rings. The minimum absolute atomic E-state index is 0.0179. The number of aliphatic imine (C=N–C) groups is 1. The van der Waals surface area contributed by atoms with Gasteiger partial charge in [-0.3, -0.25) is 9.69 Å². The van der Waals surface area contributed by atoms with Crippen molar-refractivity contribution in [2.24, 2.45) is 4.99 Å². The van der Waals surface area contributed by atoms with Gasteiger partial charge in [-0.25, -0.2) is 34.7 Å². The van der Waals surface area contributed by atoms with E-state index in [1.165, 1.54) is 42.0 Å². The minimum atomic E-state index is -2.60. The smallest absolute Gasteiger partial charge is 0.394 e. The number of nitrogens with zero attached hydrogens (tertiary/aromatic N) is 7. The maximum Gasteiger partial charge on any atom is 0.394 e. The molecule has 1 aliphatic rings. The van der Waals surface area contributed by atoms with Crippen molar-refractivity contribution in [2.75, 3.05) is 11.4 Å². The number of likely N-dealkylation sites (N-methyl/N-ethyl adjacent to an activating group) is 1. The Morgan fingerprint density at radius 2 is 1.72 bits per heavy atom. The largest absolute Gasteiger partial charge is 0.474 e. The Morgan fingerprint density at radius 1 is 1.06 bits per heavy atom. The number of nitrogens with one attached hydrogen (secondary N) is 3. The summed E-state index contributed by atoms with van der Waals surface area (Å²) >= 11 is 0. The van der Waals surface area contributed by atoms with Gasteiger partial charge in [0.1, 0.15) is 11.4 Å². The molecule has 4 rings (SSSR count). The Bertz CT molecular complexity index is 1530. The number of carbonyl (C=O) groups is 2. The summed E-state index contributed by atoms with van der Waals surface area (Å²) in [6.07, 6.45) is 5.76. The van der Waals surface area contributed by atoms with E-state index < -0.39 is 28.5 Å². The Kier molecular flexibility index (Phi) is 7.05. The fraction of sp³-hybridized carbons (Fsp3) is 0.150. The minimum Gasteiger partial charge on any atom is -0.474 e. The van der Waals surface area contributed by atoms with Crippen molar-refractivity contribution in [1.82, 2.24) is 40.5 Å². The molecule has 3 aromatic heterocycles. The third-order valence-corrected chi connectivity index (χ3v) is 5.24. The van der Waals surface area contributed by atoms with E-state index in [0.29, 0.717) is 12.2 Å². The van der Waals surface area contributed by atoms with Crippen LogP contribution in [0.5, 0.6) is 0 Å². The van der Waals surface area contributed by atoms with Gasteiger partial charge in [-0.15, -0.1) is 0 Å². The molecular formula is C20H18N10O5S. The molecule has 1 aliphatic heterocycles. The summed E-state index contributed by atoms with van der Waals surface area (Å²) in [5, 5.41) is 14.7. The Morgan fingerprint density at radius 3 is 2.33 bits per heavy atom. The molecule has 1 unspecified atom stereocenters. The molecule has 0 aromatic carbocycles. The van der Waals surface area contributed by atoms with Gasteiger partial charge in [-0.1, -0.05) is 0 Å². The van der Waals surface area contributed by atoms with Crippen LogP contribution in [0, 0.1) is 4.64 Å². The SMILES string of the molecule is CCNC1=C(c2ncccn2)N(c2ncccn2)C(NC(=O)C(=O)O)N=C1c1nccc(=S(=O)=O)[nH]1. The van der Waals surface area contributed by atoms with Crippen molar-refractivity contribution in [2.45, 2.75) is 13.2 Å². The lowest BCUT2D eigenvalue weighted by molar-refractivity contribution is -0.150. The van der Waals surface area contributed by atoms with Gasteiger partial charge < -0.3 is 20.7 Å². The van der Waals surface area contributed by atoms with Crippen LogP contribution in [-0.4, -0.2) is 73.9 Å². The Balaban J connectivity index is 2.06. The third-order valence-electron chi connectivity index (χ3n) is 4.64. The van der Waals surface area contributed by atoms with Gasteiger partial charge >= 0.3 is 11.9 Å². The molecule has 4 N–H and O–H groups in total. The molecule has 15 nitrogen and oxygen atoms in total. The topological polar surface area (TPSA) is 208 Å². The van der Waals surface area contributed by atoms with Crippen molar-refractivity contribution in [3.8, 4) is 0 Å². The lowest BCUT2D eigenvalue weighted by Gasteiger charge is -2.36. The second-order valence-electron chi connectivity index (χ2n) is 6.89. The first kappa shape index (κ1) is 24.1. The van der Waals surface area contributed by atoms with Crippen molar-refractivity contribution in [1.29, 1.82) is 0 Å². The Labute approximate surface area is 204 Å². The van der Waals surface area contributed by atoms with Crippen molar-refractivity contribution >= 4 is 39.5 Å². The number of carboxylic acids is 1. The van der Waals surface area contributed by atoms with Crippen LogP contribution in [0.4, 0.5) is 5.95 Å². The Hall–Kier alpha value is -4.99. The molecule has 0 spiro atoms. The van der Waals surface area contributed by atoms with E-state index in [2.05, 4.69) is 45.5 Å². The van der Waals surface area contributed by atoms with Crippen LogP contribution < -0.4 is 15.5 Å². The van der Waals surface area contributed by atoms with E-state index in [1.54, 1.807) is 12.1 Å². The summed E-state index contributed by atoms with van der Waals surface area (Å²) < 4.78 is 22.9. The zero-order chi connectivity index (χ0) is 25.7. The van der Waals surface area contributed by atoms with Crippen LogP contribution in [0.15, 0.2) is 59.9 Å². The highest BCUT2D eigenvalue weighted by atomic mass is 32.2. The highest BCUT2D eigenvalue weighted by Crippen LogP contribution is 2.31. The maximum absolute atomic E-state index is 12.2. The number of allylic oxidation sites excluding steroid dienone is 1. The van der Waals surface area contributed by atoms with Crippen LogP contribution in [0.1, 0.15) is 18.6 Å². The van der Waals surface area contributed by atoms with Crippen LogP contribution >= 0.6 is 0 Å². The summed E-state index contributed by atoms with van der Waals surface area (Å²) in [6, 6.07) is 4.43. The summed E-state index contributed by atoms with van der Waals surface area (Å²) in [6.45, 7) is 2.20. The number of rotatable bonds is 6. The van der Waals surface area contributed by atoms with E-state index >= 15 is 0 Å². The van der Waals surface area contributed by atoms with Crippen LogP contribution in [0.3, 0.4) is 0 Å². The first-order valence-electron chi connectivity index (χ1n) is 10.3. The molecule has 0 radical (unpaired) electrons. The average molecular weight is 510 g/mol. The molecule has 0 saturated heterocycles. The first-order valence-corrected chi connectivity index (χ1v) is 11.4. The second-order valence-corrected chi connectivity index (χ2v) is 7.80. The van der Waals surface area contributed by atoms with Crippen molar-refractivity contribution in [3.05, 3.63) is 71.2 Å². The quantitative estimate of drug-likeness (QED) is 0.237. The van der Waals surface area contributed by atoms with E-state index in [0.717, 1.165) is 0 Å². The number of anilines is 1. The number of aliphatic carboxylic acids is 1. The van der Waals surface area contributed by atoms with Gasteiger partial charge in [-0.05, 0) is 25.1 Å². The van der Waals surface area contributed by atoms with Crippen molar-refractivity contribution in [3.63, 3.8) is 0 Å². The molecular weight excluding hydrogens is 492 g/mol. The lowest BCUT2D eigenvalue weighted by Crippen LogP contribution is -2.53. The fourth-order valence-electron chi connectivity index (χ4n) is 3.25. The number of amides is 1. The summed E-state index contributed by atoms with van der Waals surface area (Å²) in [4.78, 5) is 53.4. The van der Waals surface area contributed by atoms with E-state index in [-0.39, 0.29) is 33.6 Å². The molecule has 0 fully saturated rings. The van der Waals surface area contributed by atoms with Gasteiger partial charge in [-0.2, -0.15) is 8.42 Å². The normalized spacial score (nSPS) is 15.2. The summed E-state index contributed by atoms with van der Waals surface area (Å²) in [5.41, 5.74) is 0.609. The molecule has 36 heavy (non-hydrogen) atoms. The summed E-state index contributed by atoms with van der Waals surface area (Å²) in [7, 11) is -2.60. The van der Waals surface area contributed by atoms with Gasteiger partial charge in [0.05, 0.1) is 5.70 Å². The van der Waals surface area contributed by atoms with Gasteiger partial charge in [0.25, 0.3) is 0 Å². The highest BCUT2D eigenvalue weighted by Gasteiger charge is 2.38. The summed E-state index contributed by atoms with van der Waals surface area (Å²) in [5.74, 6) is -2.86. The molecule has 0 saturated carbocycles. The number of aromatic amines is 1. The van der Waals surface area contributed by atoms with E-state index in [9.17, 15) is 23.1 Å². The molecule has 184 valence electrons. The predicted octanol–water partition coefficient (Wildman–Crippen LogP) is -0.827.